The predicted molar refractivity (Wildman–Crippen MR) is 96.6 cm³/mol. The molecule has 3 aromatic rings. The van der Waals surface area contributed by atoms with Crippen LogP contribution >= 0.6 is 0 Å². The SMILES string of the molecule is Cc1cc([C@@H]2CCCN2C(=O)NCc2nc(-c3ccccc3C)no2)no1. The molecular weight excluding hydrogens is 346 g/mol. The van der Waals surface area contributed by atoms with Gasteiger partial charge >= 0.3 is 6.03 Å². The summed E-state index contributed by atoms with van der Waals surface area (Å²) in [5.41, 5.74) is 2.77. The maximum absolute atomic E-state index is 12.6. The number of likely N-dealkylation sites (tertiary alicyclic amines) is 1. The maximum Gasteiger partial charge on any atom is 0.318 e. The molecule has 1 saturated heterocycles. The molecule has 2 aromatic heterocycles. The lowest BCUT2D eigenvalue weighted by Crippen LogP contribution is -2.39. The van der Waals surface area contributed by atoms with Crippen LogP contribution in [-0.2, 0) is 6.54 Å². The zero-order valence-corrected chi connectivity index (χ0v) is 15.3. The van der Waals surface area contributed by atoms with Gasteiger partial charge in [0.15, 0.2) is 0 Å². The number of carbonyl (C=O) groups is 1. The van der Waals surface area contributed by atoms with E-state index in [1.807, 2.05) is 44.2 Å². The van der Waals surface area contributed by atoms with Crippen LogP contribution in [0.15, 0.2) is 39.4 Å². The summed E-state index contributed by atoms with van der Waals surface area (Å²) < 4.78 is 10.4. The van der Waals surface area contributed by atoms with Crippen molar-refractivity contribution >= 4 is 6.03 Å². The van der Waals surface area contributed by atoms with Crippen LogP contribution in [0.25, 0.3) is 11.4 Å². The van der Waals surface area contributed by atoms with Crippen LogP contribution < -0.4 is 5.32 Å². The monoisotopic (exact) mass is 367 g/mol. The third-order valence-electron chi connectivity index (χ3n) is 4.75. The molecule has 1 aliphatic rings. The Balaban J connectivity index is 1.40. The summed E-state index contributed by atoms with van der Waals surface area (Å²) in [6.07, 6.45) is 1.80. The van der Waals surface area contributed by atoms with Gasteiger partial charge in [0.05, 0.1) is 12.6 Å². The van der Waals surface area contributed by atoms with E-state index >= 15 is 0 Å². The molecule has 1 atom stereocenters. The summed E-state index contributed by atoms with van der Waals surface area (Å²) in [5, 5.41) is 10.9. The molecule has 1 N–H and O–H groups in total. The molecule has 0 unspecified atom stereocenters. The third-order valence-corrected chi connectivity index (χ3v) is 4.75. The number of hydrogen-bond donors (Lipinski definition) is 1. The Labute approximate surface area is 156 Å². The van der Waals surface area contributed by atoms with Gasteiger partial charge < -0.3 is 19.3 Å². The molecule has 8 nitrogen and oxygen atoms in total. The summed E-state index contributed by atoms with van der Waals surface area (Å²) in [4.78, 5) is 18.8. The van der Waals surface area contributed by atoms with Gasteiger partial charge in [-0.25, -0.2) is 4.79 Å². The first-order valence-corrected chi connectivity index (χ1v) is 8.98. The summed E-state index contributed by atoms with van der Waals surface area (Å²) in [7, 11) is 0. The number of amides is 2. The van der Waals surface area contributed by atoms with E-state index in [4.69, 9.17) is 9.05 Å². The first-order chi connectivity index (χ1) is 13.1. The predicted octanol–water partition coefficient (Wildman–Crippen LogP) is 3.39. The lowest BCUT2D eigenvalue weighted by atomic mass is 10.1. The van der Waals surface area contributed by atoms with Crippen molar-refractivity contribution < 1.29 is 13.8 Å². The highest BCUT2D eigenvalue weighted by Gasteiger charge is 2.32. The summed E-state index contributed by atoms with van der Waals surface area (Å²) >= 11 is 0. The molecule has 2 amide bonds. The number of hydrogen-bond acceptors (Lipinski definition) is 6. The second-order valence-electron chi connectivity index (χ2n) is 6.70. The van der Waals surface area contributed by atoms with E-state index in [1.54, 1.807) is 4.90 Å². The first-order valence-electron chi connectivity index (χ1n) is 8.98. The van der Waals surface area contributed by atoms with Crippen molar-refractivity contribution in [3.63, 3.8) is 0 Å². The quantitative estimate of drug-likeness (QED) is 0.759. The summed E-state index contributed by atoms with van der Waals surface area (Å²) in [6.45, 7) is 4.70. The lowest BCUT2D eigenvalue weighted by Gasteiger charge is -2.22. The van der Waals surface area contributed by atoms with Crippen LogP contribution in [0.5, 0.6) is 0 Å². The van der Waals surface area contributed by atoms with Gasteiger partial charge in [-0.05, 0) is 32.3 Å². The van der Waals surface area contributed by atoms with Crippen LogP contribution in [0.3, 0.4) is 0 Å². The zero-order chi connectivity index (χ0) is 18.8. The molecule has 0 radical (unpaired) electrons. The number of aromatic nitrogens is 3. The molecule has 1 aliphatic heterocycles. The maximum atomic E-state index is 12.6. The van der Waals surface area contributed by atoms with Gasteiger partial charge in [-0.1, -0.05) is 34.6 Å². The van der Waals surface area contributed by atoms with Gasteiger partial charge in [0.2, 0.25) is 11.7 Å². The van der Waals surface area contributed by atoms with E-state index in [9.17, 15) is 4.79 Å². The number of benzene rings is 1. The van der Waals surface area contributed by atoms with Gasteiger partial charge in [0.1, 0.15) is 11.5 Å². The van der Waals surface area contributed by atoms with Crippen molar-refractivity contribution in [1.82, 2.24) is 25.5 Å². The van der Waals surface area contributed by atoms with Crippen LogP contribution in [0.1, 0.15) is 41.8 Å². The number of aryl methyl sites for hydroxylation is 2. The topological polar surface area (TPSA) is 97.3 Å². The van der Waals surface area contributed by atoms with E-state index in [0.717, 1.165) is 35.4 Å². The third kappa shape index (κ3) is 3.55. The highest BCUT2D eigenvalue weighted by molar-refractivity contribution is 5.75. The zero-order valence-electron chi connectivity index (χ0n) is 15.3. The van der Waals surface area contributed by atoms with Gasteiger partial charge in [-0.3, -0.25) is 0 Å². The fourth-order valence-electron chi connectivity index (χ4n) is 3.37. The highest BCUT2D eigenvalue weighted by atomic mass is 16.5. The van der Waals surface area contributed by atoms with Crippen molar-refractivity contribution in [2.24, 2.45) is 0 Å². The molecule has 0 saturated carbocycles. The first kappa shape index (κ1) is 17.3. The Hall–Kier alpha value is -3.16. The number of nitrogens with zero attached hydrogens (tertiary/aromatic N) is 4. The molecule has 3 heterocycles. The molecular formula is C19H21N5O3. The Bertz CT molecular complexity index is 948. The number of urea groups is 1. The van der Waals surface area contributed by atoms with Crippen molar-refractivity contribution in [2.45, 2.75) is 39.3 Å². The Morgan fingerprint density at radius 2 is 2.11 bits per heavy atom. The fourth-order valence-corrected chi connectivity index (χ4v) is 3.37. The lowest BCUT2D eigenvalue weighted by molar-refractivity contribution is 0.188. The summed E-state index contributed by atoms with van der Waals surface area (Å²) in [6, 6.07) is 9.47. The number of nitrogens with one attached hydrogen (secondary N) is 1. The van der Waals surface area contributed by atoms with Gasteiger partial charge in [-0.15, -0.1) is 0 Å². The van der Waals surface area contributed by atoms with E-state index in [2.05, 4.69) is 20.6 Å². The van der Waals surface area contributed by atoms with Crippen LogP contribution in [-0.4, -0.2) is 32.8 Å². The highest BCUT2D eigenvalue weighted by Crippen LogP contribution is 2.31. The van der Waals surface area contributed by atoms with E-state index in [0.29, 0.717) is 18.3 Å². The van der Waals surface area contributed by atoms with Gasteiger partial charge in [0, 0.05) is 18.2 Å². The van der Waals surface area contributed by atoms with Crippen molar-refractivity contribution in [3.05, 3.63) is 53.2 Å². The van der Waals surface area contributed by atoms with Crippen LogP contribution in [0, 0.1) is 13.8 Å². The van der Waals surface area contributed by atoms with Gasteiger partial charge in [0.25, 0.3) is 0 Å². The molecule has 1 aromatic carbocycles. The molecule has 140 valence electrons. The number of carbonyl (C=O) groups excluding carboxylic acids is 1. The van der Waals surface area contributed by atoms with E-state index < -0.39 is 0 Å². The van der Waals surface area contributed by atoms with Crippen LogP contribution in [0.2, 0.25) is 0 Å². The molecule has 27 heavy (non-hydrogen) atoms. The molecule has 0 bridgehead atoms. The van der Waals surface area contributed by atoms with E-state index in [1.165, 1.54) is 0 Å². The van der Waals surface area contributed by atoms with Crippen molar-refractivity contribution in [1.29, 1.82) is 0 Å². The molecule has 0 spiro atoms. The normalized spacial score (nSPS) is 16.7. The molecule has 8 heteroatoms. The minimum Gasteiger partial charge on any atom is -0.361 e. The largest absolute Gasteiger partial charge is 0.361 e. The van der Waals surface area contributed by atoms with Crippen molar-refractivity contribution in [2.75, 3.05) is 6.54 Å². The van der Waals surface area contributed by atoms with Gasteiger partial charge in [-0.2, -0.15) is 4.98 Å². The minimum atomic E-state index is -0.172. The average molecular weight is 367 g/mol. The van der Waals surface area contributed by atoms with E-state index in [-0.39, 0.29) is 18.6 Å². The average Bonchev–Trinajstić information content (AvgIpc) is 3.40. The fraction of sp³-hybridized carbons (Fsp3) is 0.368. The van der Waals surface area contributed by atoms with Crippen LogP contribution in [0.4, 0.5) is 4.79 Å². The number of rotatable bonds is 4. The summed E-state index contributed by atoms with van der Waals surface area (Å²) in [5.74, 6) is 1.64. The minimum absolute atomic E-state index is 0.0623. The molecule has 4 rings (SSSR count). The second kappa shape index (κ2) is 7.22. The Morgan fingerprint density at radius 1 is 1.26 bits per heavy atom. The Kier molecular flexibility index (Phi) is 4.62. The molecule has 1 fully saturated rings. The standard InChI is InChI=1S/C19H21N5O3/c1-12-6-3-4-7-14(12)18-21-17(27-23-18)11-20-19(25)24-9-5-8-16(24)15-10-13(2)26-22-15/h3-4,6-7,10,16H,5,8-9,11H2,1-2H3,(H,20,25)/t16-/m0/s1. The van der Waals surface area contributed by atoms with Crippen molar-refractivity contribution in [3.8, 4) is 11.4 Å². The second-order valence-corrected chi connectivity index (χ2v) is 6.70. The molecule has 0 aliphatic carbocycles. The Morgan fingerprint density at radius 3 is 2.89 bits per heavy atom. The smallest absolute Gasteiger partial charge is 0.318 e.